The summed E-state index contributed by atoms with van der Waals surface area (Å²) < 4.78 is 10.6. The van der Waals surface area contributed by atoms with E-state index in [1.165, 1.54) is 25.1 Å². The van der Waals surface area contributed by atoms with Crippen LogP contribution in [0.15, 0.2) is 33.2 Å². The molecule has 0 atom stereocenters. The minimum Gasteiger partial charge on any atom is -0.456 e. The van der Waals surface area contributed by atoms with Crippen molar-refractivity contribution in [2.75, 3.05) is 0 Å². The molecule has 0 saturated carbocycles. The van der Waals surface area contributed by atoms with Crippen LogP contribution in [-0.2, 0) is 0 Å². The quantitative estimate of drug-likeness (QED) is 0.465. The van der Waals surface area contributed by atoms with Crippen molar-refractivity contribution in [3.05, 3.63) is 72.8 Å². The molecule has 0 unspecified atom stereocenters. The highest BCUT2D eigenvalue weighted by molar-refractivity contribution is 5.74. The van der Waals surface area contributed by atoms with Gasteiger partial charge in [0.1, 0.15) is 11.5 Å². The lowest BCUT2D eigenvalue weighted by Gasteiger charge is -2.04. The number of nitro benzene ring substituents is 1. The van der Waals surface area contributed by atoms with E-state index in [2.05, 4.69) is 5.16 Å². The Hall–Kier alpha value is -3.75. The van der Waals surface area contributed by atoms with Crippen LogP contribution in [0.3, 0.4) is 0 Å². The molecular weight excluding hydrogens is 354 g/mol. The third-order valence-corrected chi connectivity index (χ3v) is 4.14. The third-order valence-electron chi connectivity index (χ3n) is 4.14. The van der Waals surface area contributed by atoms with Gasteiger partial charge in [0.05, 0.1) is 15.4 Å². The summed E-state index contributed by atoms with van der Waals surface area (Å²) in [5.74, 6) is 0.682. The number of hydrogen-bond donors (Lipinski definition) is 0. The fourth-order valence-electron chi connectivity index (χ4n) is 2.61. The topological polar surface area (TPSA) is 125 Å². The van der Waals surface area contributed by atoms with E-state index < -0.39 is 9.85 Å². The summed E-state index contributed by atoms with van der Waals surface area (Å²) in [6, 6.07) is 6.42. The van der Waals surface area contributed by atoms with Gasteiger partial charge in [0.2, 0.25) is 5.76 Å². The van der Waals surface area contributed by atoms with E-state index in [1.54, 1.807) is 25.1 Å². The Morgan fingerprint density at radius 2 is 1.70 bits per heavy atom. The molecule has 1 aromatic carbocycles. The van der Waals surface area contributed by atoms with E-state index in [4.69, 9.17) is 8.94 Å². The van der Waals surface area contributed by atoms with E-state index in [1.807, 2.05) is 6.92 Å². The number of hydrogen-bond acceptors (Lipinski definition) is 7. The van der Waals surface area contributed by atoms with Crippen LogP contribution < -0.4 is 0 Å². The van der Waals surface area contributed by atoms with E-state index in [-0.39, 0.29) is 22.8 Å². The second-order valence-corrected chi connectivity index (χ2v) is 5.98. The van der Waals surface area contributed by atoms with Crippen molar-refractivity contribution in [3.63, 3.8) is 0 Å². The summed E-state index contributed by atoms with van der Waals surface area (Å²) in [7, 11) is 0. The highest BCUT2D eigenvalue weighted by Gasteiger charge is 2.22. The average Bonchev–Trinajstić information content (AvgIpc) is 3.21. The van der Waals surface area contributed by atoms with Crippen LogP contribution in [0.1, 0.15) is 28.3 Å². The molecule has 138 valence electrons. The smallest absolute Gasteiger partial charge is 0.338 e. The number of aryl methyl sites for hydroxylation is 3. The molecule has 0 saturated heterocycles. The number of furan rings is 1. The predicted molar refractivity (Wildman–Crippen MR) is 97.1 cm³/mol. The molecule has 9 nitrogen and oxygen atoms in total. The Morgan fingerprint density at radius 3 is 2.37 bits per heavy atom. The zero-order valence-corrected chi connectivity index (χ0v) is 14.8. The summed E-state index contributed by atoms with van der Waals surface area (Å²) in [5, 5.41) is 26.0. The Bertz CT molecular complexity index is 1080. The SMILES string of the molecule is Cc1cc(-c2ccc(C=Cc3onc(C)c3[N+](=O)[O-])o2)c([N+](=O)[O-])cc1C. The van der Waals surface area contributed by atoms with Gasteiger partial charge in [0.25, 0.3) is 5.69 Å². The van der Waals surface area contributed by atoms with Crippen molar-refractivity contribution in [2.45, 2.75) is 20.8 Å². The van der Waals surface area contributed by atoms with Gasteiger partial charge in [0, 0.05) is 6.07 Å². The average molecular weight is 369 g/mol. The fourth-order valence-corrected chi connectivity index (χ4v) is 2.61. The Labute approximate surface area is 153 Å². The summed E-state index contributed by atoms with van der Waals surface area (Å²) in [6.45, 7) is 5.13. The zero-order chi connectivity index (χ0) is 19.7. The maximum atomic E-state index is 11.3. The highest BCUT2D eigenvalue weighted by Crippen LogP contribution is 2.34. The van der Waals surface area contributed by atoms with Gasteiger partial charge in [-0.15, -0.1) is 0 Å². The van der Waals surface area contributed by atoms with Gasteiger partial charge in [0.15, 0.2) is 5.69 Å². The second-order valence-electron chi connectivity index (χ2n) is 5.98. The molecule has 0 radical (unpaired) electrons. The molecule has 27 heavy (non-hydrogen) atoms. The lowest BCUT2D eigenvalue weighted by molar-refractivity contribution is -0.386. The summed E-state index contributed by atoms with van der Waals surface area (Å²) in [5.41, 5.74) is 1.98. The summed E-state index contributed by atoms with van der Waals surface area (Å²) in [4.78, 5) is 21.4. The molecule has 0 amide bonds. The number of nitro groups is 2. The summed E-state index contributed by atoms with van der Waals surface area (Å²) >= 11 is 0. The van der Waals surface area contributed by atoms with Crippen LogP contribution >= 0.6 is 0 Å². The van der Waals surface area contributed by atoms with Gasteiger partial charge in [-0.1, -0.05) is 5.16 Å². The van der Waals surface area contributed by atoms with Crippen LogP contribution in [0.4, 0.5) is 11.4 Å². The van der Waals surface area contributed by atoms with Gasteiger partial charge in [-0.25, -0.2) is 0 Å². The van der Waals surface area contributed by atoms with Crippen LogP contribution in [0.25, 0.3) is 23.5 Å². The van der Waals surface area contributed by atoms with Gasteiger partial charge in [-0.2, -0.15) is 0 Å². The first kappa shape index (κ1) is 18.1. The highest BCUT2D eigenvalue weighted by atomic mass is 16.6. The zero-order valence-electron chi connectivity index (χ0n) is 14.8. The molecule has 0 N–H and O–H groups in total. The van der Waals surface area contributed by atoms with Crippen LogP contribution in [0.2, 0.25) is 0 Å². The van der Waals surface area contributed by atoms with Crippen LogP contribution in [0.5, 0.6) is 0 Å². The molecule has 3 aromatic rings. The largest absolute Gasteiger partial charge is 0.456 e. The Kier molecular flexibility index (Phi) is 4.59. The van der Waals surface area contributed by atoms with E-state index in [9.17, 15) is 20.2 Å². The van der Waals surface area contributed by atoms with Gasteiger partial charge in [-0.05, 0) is 62.2 Å². The second kappa shape index (κ2) is 6.87. The minimum atomic E-state index is -0.572. The molecule has 0 aliphatic rings. The number of rotatable bonds is 5. The fraction of sp³-hybridized carbons (Fsp3) is 0.167. The van der Waals surface area contributed by atoms with Gasteiger partial charge in [-0.3, -0.25) is 20.2 Å². The number of nitrogens with zero attached hydrogens (tertiary/aromatic N) is 3. The Balaban J connectivity index is 1.96. The molecule has 0 bridgehead atoms. The molecule has 3 rings (SSSR count). The molecular formula is C18H15N3O6. The van der Waals surface area contributed by atoms with Crippen LogP contribution in [-0.4, -0.2) is 15.0 Å². The number of benzene rings is 1. The molecule has 0 aliphatic carbocycles. The van der Waals surface area contributed by atoms with E-state index in [0.717, 1.165) is 11.1 Å². The van der Waals surface area contributed by atoms with Crippen molar-refractivity contribution in [3.8, 4) is 11.3 Å². The normalized spacial score (nSPS) is 11.2. The minimum absolute atomic E-state index is 0.00684. The lowest BCUT2D eigenvalue weighted by atomic mass is 10.0. The number of aromatic nitrogens is 1. The maximum absolute atomic E-state index is 11.3. The van der Waals surface area contributed by atoms with Crippen molar-refractivity contribution in [2.24, 2.45) is 0 Å². The molecule has 0 spiro atoms. The third kappa shape index (κ3) is 3.47. The van der Waals surface area contributed by atoms with Crippen molar-refractivity contribution >= 4 is 23.5 Å². The Morgan fingerprint density at radius 1 is 1.00 bits per heavy atom. The van der Waals surface area contributed by atoms with Gasteiger partial charge >= 0.3 is 5.69 Å². The first-order valence-electron chi connectivity index (χ1n) is 7.92. The van der Waals surface area contributed by atoms with Gasteiger partial charge < -0.3 is 8.94 Å². The first-order valence-corrected chi connectivity index (χ1v) is 7.92. The van der Waals surface area contributed by atoms with Crippen LogP contribution in [0, 0.1) is 41.0 Å². The van der Waals surface area contributed by atoms with E-state index >= 15 is 0 Å². The lowest BCUT2D eigenvalue weighted by Crippen LogP contribution is -1.94. The van der Waals surface area contributed by atoms with E-state index in [0.29, 0.717) is 17.1 Å². The van der Waals surface area contributed by atoms with Crippen molar-refractivity contribution in [1.82, 2.24) is 5.16 Å². The standard InChI is InChI=1S/C18H15N3O6/c1-10-8-14(15(20(22)23)9-11(10)2)16-6-4-13(26-16)5-7-17-18(21(24)25)12(3)19-27-17/h4-9H,1-3H3. The van der Waals surface area contributed by atoms with Crippen molar-refractivity contribution < 1.29 is 18.8 Å². The first-order chi connectivity index (χ1) is 12.8. The molecule has 0 fully saturated rings. The van der Waals surface area contributed by atoms with Crippen molar-refractivity contribution in [1.29, 1.82) is 0 Å². The molecule has 9 heteroatoms. The monoisotopic (exact) mass is 369 g/mol. The maximum Gasteiger partial charge on any atom is 0.338 e. The molecule has 2 heterocycles. The molecule has 2 aromatic heterocycles. The predicted octanol–water partition coefficient (Wildman–Crippen LogP) is 4.85. The molecule has 0 aliphatic heterocycles. The summed E-state index contributed by atoms with van der Waals surface area (Å²) in [6.07, 6.45) is 2.85.